The number of nitrogens with zero attached hydrogens (tertiary/aromatic N) is 1. The molecular formula is C20H24N2O4. The summed E-state index contributed by atoms with van der Waals surface area (Å²) in [5.41, 5.74) is 0. The van der Waals surface area contributed by atoms with Crippen LogP contribution in [0.1, 0.15) is 32.1 Å². The number of ether oxygens (including phenoxy) is 2. The third kappa shape index (κ3) is 3.41. The van der Waals surface area contributed by atoms with Crippen molar-refractivity contribution in [1.29, 1.82) is 0 Å². The van der Waals surface area contributed by atoms with E-state index < -0.39 is 0 Å². The molecule has 1 fully saturated rings. The quantitative estimate of drug-likeness (QED) is 0.846. The lowest BCUT2D eigenvalue weighted by Crippen LogP contribution is -2.60. The maximum absolute atomic E-state index is 12.9. The van der Waals surface area contributed by atoms with Gasteiger partial charge in [-0.05, 0) is 37.8 Å². The van der Waals surface area contributed by atoms with Crippen molar-refractivity contribution < 1.29 is 19.1 Å². The molecule has 1 N–H and O–H groups in total. The number of imide groups is 1. The Morgan fingerprint density at radius 1 is 1.08 bits per heavy atom. The minimum atomic E-state index is -0.280. The molecular weight excluding hydrogens is 332 g/mol. The van der Waals surface area contributed by atoms with Gasteiger partial charge in [0.2, 0.25) is 5.91 Å². The Hall–Kier alpha value is -2.50. The summed E-state index contributed by atoms with van der Waals surface area (Å²) < 4.78 is 11.6. The summed E-state index contributed by atoms with van der Waals surface area (Å²) in [7, 11) is 0. The number of para-hydroxylation sites is 2. The number of hydrogen-bond donors (Lipinski definition) is 1. The van der Waals surface area contributed by atoms with Crippen LogP contribution in [0.4, 0.5) is 4.79 Å². The molecule has 0 radical (unpaired) electrons. The molecule has 2 aliphatic heterocycles. The second kappa shape index (κ2) is 7.40. The Balaban J connectivity index is 1.38. The highest BCUT2D eigenvalue weighted by molar-refractivity contribution is 5.98. The van der Waals surface area contributed by atoms with Crippen LogP contribution in [0.3, 0.4) is 0 Å². The molecule has 0 aromatic heterocycles. The average Bonchev–Trinajstić information content (AvgIpc) is 2.63. The van der Waals surface area contributed by atoms with Crippen molar-refractivity contribution in [3.63, 3.8) is 0 Å². The minimum absolute atomic E-state index is 0.0441. The Morgan fingerprint density at radius 3 is 2.69 bits per heavy atom. The highest BCUT2D eigenvalue weighted by atomic mass is 16.6. The smallest absolute Gasteiger partial charge is 0.324 e. The van der Waals surface area contributed by atoms with Crippen LogP contribution >= 0.6 is 0 Å². The molecule has 0 saturated carbocycles. The first-order valence-electron chi connectivity index (χ1n) is 9.38. The van der Waals surface area contributed by atoms with Gasteiger partial charge in [-0.3, -0.25) is 9.69 Å². The molecule has 1 aromatic rings. The van der Waals surface area contributed by atoms with Gasteiger partial charge >= 0.3 is 6.03 Å². The van der Waals surface area contributed by atoms with Crippen molar-refractivity contribution >= 4 is 11.9 Å². The van der Waals surface area contributed by atoms with E-state index in [9.17, 15) is 9.59 Å². The highest BCUT2D eigenvalue weighted by Gasteiger charge is 2.40. The van der Waals surface area contributed by atoms with Crippen LogP contribution < -0.4 is 14.8 Å². The summed E-state index contributed by atoms with van der Waals surface area (Å²) in [6.45, 7) is 0.775. The number of carbonyl (C=O) groups excluding carboxylic acids is 2. The van der Waals surface area contributed by atoms with Crippen molar-refractivity contribution in [2.45, 2.75) is 44.2 Å². The lowest BCUT2D eigenvalue weighted by molar-refractivity contribution is -0.136. The molecule has 3 atom stereocenters. The fourth-order valence-electron chi connectivity index (χ4n) is 3.88. The van der Waals surface area contributed by atoms with Gasteiger partial charge in [-0.15, -0.1) is 0 Å². The lowest BCUT2D eigenvalue weighted by Gasteiger charge is -2.38. The number of benzene rings is 1. The maximum Gasteiger partial charge on any atom is 0.324 e. The summed E-state index contributed by atoms with van der Waals surface area (Å²) in [6.07, 6.45) is 8.06. The summed E-state index contributed by atoms with van der Waals surface area (Å²) >= 11 is 0. The van der Waals surface area contributed by atoms with E-state index >= 15 is 0 Å². The summed E-state index contributed by atoms with van der Waals surface area (Å²) in [6, 6.07) is 7.22. The number of carbonyl (C=O) groups is 2. The van der Waals surface area contributed by atoms with Gasteiger partial charge in [-0.25, -0.2) is 4.79 Å². The summed E-state index contributed by atoms with van der Waals surface area (Å²) in [4.78, 5) is 26.7. The summed E-state index contributed by atoms with van der Waals surface area (Å²) in [5, 5.41) is 3.03. The van der Waals surface area contributed by atoms with E-state index in [0.717, 1.165) is 31.4 Å². The van der Waals surface area contributed by atoms with Gasteiger partial charge in [-0.1, -0.05) is 24.3 Å². The SMILES string of the molecule is O=C1N[C@@H]2CC/C=C\CC[C@@H]2C(=O)N1CCC1COc2ccccc2O1. The van der Waals surface area contributed by atoms with Crippen molar-refractivity contribution in [1.82, 2.24) is 10.2 Å². The molecule has 6 nitrogen and oxygen atoms in total. The zero-order valence-electron chi connectivity index (χ0n) is 14.7. The van der Waals surface area contributed by atoms with Crippen LogP contribution in [0.15, 0.2) is 36.4 Å². The van der Waals surface area contributed by atoms with Gasteiger partial charge < -0.3 is 14.8 Å². The number of allylic oxidation sites excluding steroid dienone is 2. The van der Waals surface area contributed by atoms with Crippen molar-refractivity contribution in [2.24, 2.45) is 5.92 Å². The molecule has 3 aliphatic rings. The van der Waals surface area contributed by atoms with E-state index in [1.165, 1.54) is 4.90 Å². The van der Waals surface area contributed by atoms with Gasteiger partial charge in [0.15, 0.2) is 11.5 Å². The van der Waals surface area contributed by atoms with E-state index in [4.69, 9.17) is 9.47 Å². The largest absolute Gasteiger partial charge is 0.486 e. The second-order valence-electron chi connectivity index (χ2n) is 7.06. The van der Waals surface area contributed by atoms with Crippen LogP contribution in [0.5, 0.6) is 11.5 Å². The molecule has 2 heterocycles. The fourth-order valence-corrected chi connectivity index (χ4v) is 3.88. The zero-order valence-corrected chi connectivity index (χ0v) is 14.7. The van der Waals surface area contributed by atoms with Crippen molar-refractivity contribution in [2.75, 3.05) is 13.2 Å². The van der Waals surface area contributed by atoms with Crippen LogP contribution in [-0.4, -0.2) is 42.1 Å². The second-order valence-corrected chi connectivity index (χ2v) is 7.06. The molecule has 1 aromatic carbocycles. The van der Waals surface area contributed by atoms with E-state index in [-0.39, 0.29) is 30.0 Å². The van der Waals surface area contributed by atoms with Gasteiger partial charge in [0.25, 0.3) is 0 Å². The predicted octanol–water partition coefficient (Wildman–Crippen LogP) is 2.88. The molecule has 138 valence electrons. The normalized spacial score (nSPS) is 29.2. The first kappa shape index (κ1) is 16.9. The van der Waals surface area contributed by atoms with E-state index in [1.807, 2.05) is 24.3 Å². The highest BCUT2D eigenvalue weighted by Crippen LogP contribution is 2.32. The number of hydrogen-bond acceptors (Lipinski definition) is 4. The van der Waals surface area contributed by atoms with Gasteiger partial charge in [0, 0.05) is 19.0 Å². The Morgan fingerprint density at radius 2 is 1.85 bits per heavy atom. The third-order valence-electron chi connectivity index (χ3n) is 5.32. The molecule has 1 unspecified atom stereocenters. The summed E-state index contributed by atoms with van der Waals surface area (Å²) in [5.74, 6) is 1.28. The molecule has 4 rings (SSSR count). The van der Waals surface area contributed by atoms with Crippen LogP contribution in [0.2, 0.25) is 0 Å². The van der Waals surface area contributed by atoms with E-state index in [2.05, 4.69) is 17.5 Å². The monoisotopic (exact) mass is 356 g/mol. The Kier molecular flexibility index (Phi) is 4.82. The number of nitrogens with one attached hydrogen (secondary N) is 1. The molecule has 0 bridgehead atoms. The fraction of sp³-hybridized carbons (Fsp3) is 0.500. The third-order valence-corrected chi connectivity index (χ3v) is 5.32. The van der Waals surface area contributed by atoms with Crippen LogP contribution in [0.25, 0.3) is 0 Å². The topological polar surface area (TPSA) is 67.9 Å². The van der Waals surface area contributed by atoms with E-state index in [0.29, 0.717) is 25.3 Å². The molecule has 26 heavy (non-hydrogen) atoms. The standard InChI is InChI=1S/C20H24N2O4/c23-19-15-7-3-1-2-4-8-16(15)21-20(24)22(19)12-11-14-13-25-17-9-5-6-10-18(17)26-14/h1-2,5-6,9-10,14-16H,3-4,7-8,11-13H2,(H,21,24)/b2-1-/t14?,15-,16+/m0/s1. The lowest BCUT2D eigenvalue weighted by atomic mass is 9.86. The van der Waals surface area contributed by atoms with Crippen molar-refractivity contribution in [3.8, 4) is 11.5 Å². The number of urea groups is 1. The number of fused-ring (bicyclic) bond motifs is 2. The van der Waals surface area contributed by atoms with Gasteiger partial charge in [-0.2, -0.15) is 0 Å². The number of amides is 3. The Bertz CT molecular complexity index is 718. The Labute approximate surface area is 153 Å². The number of rotatable bonds is 3. The van der Waals surface area contributed by atoms with Crippen LogP contribution in [0, 0.1) is 5.92 Å². The molecule has 0 spiro atoms. The zero-order chi connectivity index (χ0) is 17.9. The molecule has 1 saturated heterocycles. The first-order chi connectivity index (χ1) is 12.7. The molecule has 6 heteroatoms. The van der Waals surface area contributed by atoms with Crippen molar-refractivity contribution in [3.05, 3.63) is 36.4 Å². The predicted molar refractivity (Wildman–Crippen MR) is 96.1 cm³/mol. The average molecular weight is 356 g/mol. The molecule has 1 aliphatic carbocycles. The van der Waals surface area contributed by atoms with Gasteiger partial charge in [0.05, 0.1) is 5.92 Å². The molecule has 3 amide bonds. The van der Waals surface area contributed by atoms with Crippen LogP contribution in [-0.2, 0) is 4.79 Å². The van der Waals surface area contributed by atoms with E-state index in [1.54, 1.807) is 0 Å². The minimum Gasteiger partial charge on any atom is -0.486 e. The first-order valence-corrected chi connectivity index (χ1v) is 9.38. The van der Waals surface area contributed by atoms with Gasteiger partial charge in [0.1, 0.15) is 12.7 Å². The maximum atomic E-state index is 12.9.